The van der Waals surface area contributed by atoms with Gasteiger partial charge in [-0.3, -0.25) is 4.79 Å². The van der Waals surface area contributed by atoms with E-state index in [4.69, 9.17) is 20.6 Å². The molecule has 0 heterocycles. The van der Waals surface area contributed by atoms with Crippen LogP contribution >= 0.6 is 0 Å². The van der Waals surface area contributed by atoms with Gasteiger partial charge < -0.3 is 25.1 Å². The average molecular weight is 271 g/mol. The molecule has 0 aliphatic heterocycles. The van der Waals surface area contributed by atoms with E-state index in [0.29, 0.717) is 13.1 Å². The third-order valence-corrected chi connectivity index (χ3v) is 2.48. The average Bonchev–Trinajstić information content (AvgIpc) is 2.42. The van der Waals surface area contributed by atoms with E-state index in [1.54, 1.807) is 11.0 Å². The summed E-state index contributed by atoms with van der Waals surface area (Å²) in [5.74, 6) is -0.540. The largest absolute Gasteiger partial charge is 0.395 e. The summed E-state index contributed by atoms with van der Waals surface area (Å²) in [4.78, 5) is 14.9. The molecule has 0 aromatic heterocycles. The third kappa shape index (κ3) is 6.20. The second-order valence-electron chi connectivity index (χ2n) is 3.75. The normalized spacial score (nSPS) is 11.0. The van der Waals surface area contributed by atoms with Crippen molar-refractivity contribution in [3.63, 3.8) is 0 Å². The van der Waals surface area contributed by atoms with E-state index in [9.17, 15) is 4.79 Å². The summed E-state index contributed by atoms with van der Waals surface area (Å²) >= 11 is 0. The number of nitrogens with zero attached hydrogens (tertiary/aromatic N) is 3. The molecule has 0 aromatic rings. The Labute approximate surface area is 113 Å². The molecule has 7 nitrogen and oxygen atoms in total. The third-order valence-electron chi connectivity index (χ3n) is 2.48. The smallest absolute Gasteiger partial charge is 0.266 e. The Morgan fingerprint density at radius 1 is 1.16 bits per heavy atom. The van der Waals surface area contributed by atoms with Crippen molar-refractivity contribution < 1.29 is 20.1 Å². The second kappa shape index (κ2) is 10.3. The molecule has 0 bridgehead atoms. The molecule has 108 valence electrons. The number of hydrogen-bond acceptors (Lipinski definition) is 6. The lowest BCUT2D eigenvalue weighted by molar-refractivity contribution is -0.127. The van der Waals surface area contributed by atoms with E-state index in [1.807, 2.05) is 6.92 Å². The number of carbonyl (C=O) groups excluding carboxylic acids is 1. The molecule has 0 saturated carbocycles. The maximum Gasteiger partial charge on any atom is 0.266 e. The van der Waals surface area contributed by atoms with Crippen LogP contribution < -0.4 is 0 Å². The first-order chi connectivity index (χ1) is 9.14. The van der Waals surface area contributed by atoms with Gasteiger partial charge in [0, 0.05) is 32.4 Å². The highest BCUT2D eigenvalue weighted by molar-refractivity contribution is 5.97. The van der Waals surface area contributed by atoms with Crippen LogP contribution in [0.15, 0.2) is 11.8 Å². The molecule has 0 radical (unpaired) electrons. The summed E-state index contributed by atoms with van der Waals surface area (Å²) in [7, 11) is 0. The van der Waals surface area contributed by atoms with Crippen LogP contribution in [-0.2, 0) is 4.79 Å². The Morgan fingerprint density at radius 3 is 2.05 bits per heavy atom. The molecule has 0 rings (SSSR count). The molecule has 0 unspecified atom stereocenters. The molecular weight excluding hydrogens is 250 g/mol. The lowest BCUT2D eigenvalue weighted by atomic mass is 10.2. The van der Waals surface area contributed by atoms with E-state index in [0.717, 1.165) is 0 Å². The number of likely N-dealkylation sites (N-methyl/N-ethyl adjacent to an activating group) is 1. The van der Waals surface area contributed by atoms with Crippen molar-refractivity contribution >= 4 is 5.91 Å². The summed E-state index contributed by atoms with van der Waals surface area (Å²) in [6.45, 7) is 2.29. The van der Waals surface area contributed by atoms with E-state index in [-0.39, 0.29) is 38.5 Å². The Morgan fingerprint density at radius 2 is 1.68 bits per heavy atom. The monoisotopic (exact) mass is 271 g/mol. The molecule has 3 N–H and O–H groups in total. The number of aliphatic hydroxyl groups excluding tert-OH is 3. The van der Waals surface area contributed by atoms with E-state index in [2.05, 4.69) is 0 Å². The first-order valence-corrected chi connectivity index (χ1v) is 6.12. The quantitative estimate of drug-likeness (QED) is 0.349. The van der Waals surface area contributed by atoms with Gasteiger partial charge >= 0.3 is 0 Å². The van der Waals surface area contributed by atoms with Gasteiger partial charge in [-0.25, -0.2) is 0 Å². The summed E-state index contributed by atoms with van der Waals surface area (Å²) < 4.78 is 0. The molecule has 19 heavy (non-hydrogen) atoms. The Hall–Kier alpha value is -1.62. The summed E-state index contributed by atoms with van der Waals surface area (Å²) in [5.41, 5.74) is -0.0859. The van der Waals surface area contributed by atoms with Crippen molar-refractivity contribution in [1.82, 2.24) is 9.80 Å². The predicted molar refractivity (Wildman–Crippen MR) is 68.8 cm³/mol. The topological polar surface area (TPSA) is 108 Å². The summed E-state index contributed by atoms with van der Waals surface area (Å²) in [5, 5.41) is 35.6. The summed E-state index contributed by atoms with van der Waals surface area (Å²) in [6, 6.07) is 1.81. The lowest BCUT2D eigenvalue weighted by Crippen LogP contribution is -2.37. The van der Waals surface area contributed by atoms with Crippen LogP contribution in [0.1, 0.15) is 6.92 Å². The van der Waals surface area contributed by atoms with Gasteiger partial charge in [-0.05, 0) is 6.92 Å². The fourth-order valence-corrected chi connectivity index (χ4v) is 1.48. The molecule has 0 aromatic carbocycles. The summed E-state index contributed by atoms with van der Waals surface area (Å²) in [6.07, 6.45) is 1.39. The van der Waals surface area contributed by atoms with Gasteiger partial charge in [0.15, 0.2) is 0 Å². The van der Waals surface area contributed by atoms with Gasteiger partial charge in [-0.2, -0.15) is 5.26 Å². The maximum atomic E-state index is 12.0. The van der Waals surface area contributed by atoms with Crippen LogP contribution in [0.25, 0.3) is 0 Å². The number of amides is 1. The molecule has 0 saturated heterocycles. The standard InChI is InChI=1S/C12H21N3O4/c1-2-14(3-6-16)10-11(9-13)12(19)15(4-7-17)5-8-18/h10,16-18H,2-8H2,1H3/b11-10-. The van der Waals surface area contributed by atoms with Crippen LogP contribution in [0.3, 0.4) is 0 Å². The minimum absolute atomic E-state index is 0.0601. The minimum atomic E-state index is -0.540. The number of nitriles is 1. The highest BCUT2D eigenvalue weighted by atomic mass is 16.3. The predicted octanol–water partition coefficient (Wildman–Crippen LogP) is -1.48. The second-order valence-corrected chi connectivity index (χ2v) is 3.75. The number of aliphatic hydroxyl groups is 3. The molecule has 0 fully saturated rings. The van der Waals surface area contributed by atoms with Crippen LogP contribution in [0, 0.1) is 11.3 Å². The fraction of sp³-hybridized carbons (Fsp3) is 0.667. The molecule has 0 atom stereocenters. The van der Waals surface area contributed by atoms with Gasteiger partial charge in [0.05, 0.1) is 19.8 Å². The van der Waals surface area contributed by atoms with Gasteiger partial charge in [0.25, 0.3) is 5.91 Å². The van der Waals surface area contributed by atoms with Crippen molar-refractivity contribution in [2.75, 3.05) is 46.0 Å². The Bertz CT molecular complexity index is 332. The Kier molecular flexibility index (Phi) is 9.44. The van der Waals surface area contributed by atoms with Crippen molar-refractivity contribution in [2.24, 2.45) is 0 Å². The maximum absolute atomic E-state index is 12.0. The highest BCUT2D eigenvalue weighted by Gasteiger charge is 2.18. The molecule has 0 spiro atoms. The van der Waals surface area contributed by atoms with Crippen molar-refractivity contribution in [2.45, 2.75) is 6.92 Å². The fourth-order valence-electron chi connectivity index (χ4n) is 1.48. The molecule has 0 aliphatic carbocycles. The first kappa shape index (κ1) is 17.4. The lowest BCUT2D eigenvalue weighted by Gasteiger charge is -2.22. The van der Waals surface area contributed by atoms with Crippen molar-refractivity contribution in [3.05, 3.63) is 11.8 Å². The number of carbonyl (C=O) groups is 1. The zero-order valence-electron chi connectivity index (χ0n) is 11.1. The van der Waals surface area contributed by atoms with Crippen LogP contribution in [0.2, 0.25) is 0 Å². The molecular formula is C12H21N3O4. The van der Waals surface area contributed by atoms with Crippen LogP contribution in [0.5, 0.6) is 0 Å². The van der Waals surface area contributed by atoms with E-state index < -0.39 is 5.91 Å². The van der Waals surface area contributed by atoms with Crippen LogP contribution in [-0.4, -0.2) is 77.0 Å². The van der Waals surface area contributed by atoms with Crippen LogP contribution in [0.4, 0.5) is 0 Å². The van der Waals surface area contributed by atoms with Crippen molar-refractivity contribution in [3.8, 4) is 6.07 Å². The molecule has 1 amide bonds. The van der Waals surface area contributed by atoms with Gasteiger partial charge in [-0.15, -0.1) is 0 Å². The number of hydrogen-bond donors (Lipinski definition) is 3. The molecule has 0 aliphatic rings. The number of rotatable bonds is 9. The SMILES string of the molecule is CCN(/C=C(/C#N)C(=O)N(CCO)CCO)CCO. The van der Waals surface area contributed by atoms with E-state index in [1.165, 1.54) is 11.1 Å². The van der Waals surface area contributed by atoms with Gasteiger partial charge in [0.1, 0.15) is 11.6 Å². The van der Waals surface area contributed by atoms with Gasteiger partial charge in [0.2, 0.25) is 0 Å². The minimum Gasteiger partial charge on any atom is -0.395 e. The van der Waals surface area contributed by atoms with Crippen molar-refractivity contribution in [1.29, 1.82) is 5.26 Å². The van der Waals surface area contributed by atoms with Gasteiger partial charge in [-0.1, -0.05) is 0 Å². The molecule has 7 heteroatoms. The Balaban J connectivity index is 4.95. The first-order valence-electron chi connectivity index (χ1n) is 6.12. The zero-order valence-corrected chi connectivity index (χ0v) is 11.1. The zero-order chi connectivity index (χ0) is 14.7. The highest BCUT2D eigenvalue weighted by Crippen LogP contribution is 2.03. The van der Waals surface area contributed by atoms with E-state index >= 15 is 0 Å².